The minimum absolute atomic E-state index is 0.126. The minimum Gasteiger partial charge on any atom is -0.421 e. The fourth-order valence-electron chi connectivity index (χ4n) is 4.71. The average Bonchev–Trinajstić information content (AvgIpc) is 3.03. The first-order chi connectivity index (χ1) is 15.0. The molecule has 6 heteroatoms. The Morgan fingerprint density at radius 3 is 2.52 bits per heavy atom. The van der Waals surface area contributed by atoms with Gasteiger partial charge in [0.1, 0.15) is 5.52 Å². The summed E-state index contributed by atoms with van der Waals surface area (Å²) in [5.41, 5.74) is 1.45. The molecule has 0 unspecified atom stereocenters. The van der Waals surface area contributed by atoms with E-state index in [9.17, 15) is 14.4 Å². The van der Waals surface area contributed by atoms with Gasteiger partial charge in [0.25, 0.3) is 0 Å². The second-order valence-corrected chi connectivity index (χ2v) is 8.41. The molecule has 1 saturated heterocycles. The normalized spacial score (nSPS) is 23.1. The monoisotopic (exact) mass is 414 g/mol. The first-order valence-corrected chi connectivity index (χ1v) is 10.6. The second-order valence-electron chi connectivity index (χ2n) is 8.41. The third-order valence-electron chi connectivity index (χ3n) is 6.35. The van der Waals surface area contributed by atoms with Gasteiger partial charge < -0.3 is 4.74 Å². The lowest BCUT2D eigenvalue weighted by Crippen LogP contribution is -2.30. The van der Waals surface area contributed by atoms with Crippen molar-refractivity contribution in [3.8, 4) is 5.75 Å². The fourth-order valence-corrected chi connectivity index (χ4v) is 4.71. The van der Waals surface area contributed by atoms with Crippen molar-refractivity contribution in [3.05, 3.63) is 66.4 Å². The number of carbonyl (C=O) groups is 3. The van der Waals surface area contributed by atoms with Gasteiger partial charge in [-0.3, -0.25) is 19.5 Å². The van der Waals surface area contributed by atoms with Gasteiger partial charge in [0.2, 0.25) is 11.8 Å². The zero-order valence-electron chi connectivity index (χ0n) is 17.2. The molecule has 31 heavy (non-hydrogen) atoms. The highest BCUT2D eigenvalue weighted by molar-refractivity contribution is 6.22. The number of pyridine rings is 1. The van der Waals surface area contributed by atoms with Crippen LogP contribution in [0.3, 0.4) is 0 Å². The van der Waals surface area contributed by atoms with Crippen molar-refractivity contribution in [1.29, 1.82) is 0 Å². The molecular formula is C25H22N2O4. The van der Waals surface area contributed by atoms with Gasteiger partial charge >= 0.3 is 5.97 Å². The average molecular weight is 414 g/mol. The highest BCUT2D eigenvalue weighted by Crippen LogP contribution is 2.42. The van der Waals surface area contributed by atoms with Crippen LogP contribution in [-0.2, 0) is 9.59 Å². The van der Waals surface area contributed by atoms with E-state index >= 15 is 0 Å². The van der Waals surface area contributed by atoms with Gasteiger partial charge in [0.15, 0.2) is 5.75 Å². The van der Waals surface area contributed by atoms with Crippen LogP contribution in [0.1, 0.15) is 36.5 Å². The van der Waals surface area contributed by atoms with E-state index in [0.717, 1.165) is 24.6 Å². The maximum atomic E-state index is 12.9. The summed E-state index contributed by atoms with van der Waals surface area (Å²) in [6, 6.07) is 15.6. The molecule has 1 aliphatic heterocycles. The molecule has 3 atom stereocenters. The van der Waals surface area contributed by atoms with E-state index in [-0.39, 0.29) is 23.7 Å². The van der Waals surface area contributed by atoms with E-state index in [0.29, 0.717) is 28.4 Å². The van der Waals surface area contributed by atoms with Crippen molar-refractivity contribution >= 4 is 34.4 Å². The number of nitrogens with zero attached hydrogens (tertiary/aromatic N) is 2. The van der Waals surface area contributed by atoms with Crippen LogP contribution in [0.4, 0.5) is 5.69 Å². The largest absolute Gasteiger partial charge is 0.421 e. The van der Waals surface area contributed by atoms with Crippen molar-refractivity contribution in [2.45, 2.75) is 26.2 Å². The lowest BCUT2D eigenvalue weighted by molar-refractivity contribution is -0.122. The number of rotatable bonds is 3. The Morgan fingerprint density at radius 1 is 0.968 bits per heavy atom. The summed E-state index contributed by atoms with van der Waals surface area (Å²) in [5.74, 6) is -0.370. The Hall–Kier alpha value is -3.54. The number of esters is 1. The van der Waals surface area contributed by atoms with Crippen molar-refractivity contribution in [1.82, 2.24) is 4.98 Å². The Kier molecular flexibility index (Phi) is 4.77. The number of imide groups is 1. The number of benzene rings is 2. The number of hydrogen-bond acceptors (Lipinski definition) is 5. The number of aromatic nitrogens is 1. The van der Waals surface area contributed by atoms with Crippen LogP contribution in [0, 0.1) is 17.8 Å². The molecule has 2 amide bonds. The third-order valence-corrected chi connectivity index (χ3v) is 6.35. The van der Waals surface area contributed by atoms with Crippen LogP contribution in [-0.4, -0.2) is 22.8 Å². The quantitative estimate of drug-likeness (QED) is 0.361. The van der Waals surface area contributed by atoms with Crippen LogP contribution < -0.4 is 9.64 Å². The standard InChI is InChI=1S/C25H22N2O4/c1-15-7-12-19-20(14-15)24(29)27(23(19)28)18-10-8-17(9-11-18)25(30)31-21-6-2-4-16-5-3-13-26-22(16)21/h2-6,8-11,13,15,19-20H,7,12,14H2,1H3/t15-,19-,20+/m1/s1. The summed E-state index contributed by atoms with van der Waals surface area (Å²) in [5, 5.41) is 0.880. The summed E-state index contributed by atoms with van der Waals surface area (Å²) >= 11 is 0. The topological polar surface area (TPSA) is 76.6 Å². The van der Waals surface area contributed by atoms with Crippen molar-refractivity contribution in [2.75, 3.05) is 4.90 Å². The SMILES string of the molecule is C[C@@H]1CC[C@H]2C(=O)N(c3ccc(C(=O)Oc4cccc5cccnc45)cc3)C(=O)[C@H]2C1. The number of anilines is 1. The Bertz CT molecular complexity index is 1180. The number of ether oxygens (including phenoxy) is 1. The van der Waals surface area contributed by atoms with Crippen LogP contribution in [0.25, 0.3) is 10.9 Å². The van der Waals surface area contributed by atoms with E-state index in [1.165, 1.54) is 4.90 Å². The molecule has 1 saturated carbocycles. The van der Waals surface area contributed by atoms with Crippen molar-refractivity contribution in [3.63, 3.8) is 0 Å². The highest BCUT2D eigenvalue weighted by Gasteiger charge is 2.49. The number of hydrogen-bond donors (Lipinski definition) is 0. The smallest absolute Gasteiger partial charge is 0.343 e. The molecule has 2 fully saturated rings. The lowest BCUT2D eigenvalue weighted by atomic mass is 9.76. The van der Waals surface area contributed by atoms with Crippen molar-refractivity contribution < 1.29 is 19.1 Å². The number of amides is 2. The fraction of sp³-hybridized carbons (Fsp3) is 0.280. The van der Waals surface area contributed by atoms with E-state index in [1.54, 1.807) is 42.6 Å². The molecule has 3 aromatic rings. The molecule has 156 valence electrons. The van der Waals surface area contributed by atoms with Gasteiger partial charge in [-0.05, 0) is 61.6 Å². The Morgan fingerprint density at radius 2 is 1.71 bits per heavy atom. The Labute approximate surface area is 179 Å². The summed E-state index contributed by atoms with van der Waals surface area (Å²) in [6.45, 7) is 2.13. The van der Waals surface area contributed by atoms with Gasteiger partial charge in [-0.2, -0.15) is 0 Å². The van der Waals surface area contributed by atoms with Gasteiger partial charge in [-0.15, -0.1) is 0 Å². The molecule has 0 bridgehead atoms. The molecule has 1 aliphatic carbocycles. The van der Waals surface area contributed by atoms with Crippen LogP contribution in [0.2, 0.25) is 0 Å². The molecule has 0 N–H and O–H groups in total. The molecule has 0 spiro atoms. The zero-order valence-corrected chi connectivity index (χ0v) is 17.2. The van der Waals surface area contributed by atoms with Gasteiger partial charge in [-0.1, -0.05) is 25.1 Å². The molecule has 2 heterocycles. The molecule has 5 rings (SSSR count). The molecule has 6 nitrogen and oxygen atoms in total. The van der Waals surface area contributed by atoms with Gasteiger partial charge in [0.05, 0.1) is 23.1 Å². The van der Waals surface area contributed by atoms with Crippen LogP contribution in [0.15, 0.2) is 60.8 Å². The van der Waals surface area contributed by atoms with Crippen LogP contribution >= 0.6 is 0 Å². The van der Waals surface area contributed by atoms with E-state index in [1.807, 2.05) is 18.2 Å². The summed E-state index contributed by atoms with van der Waals surface area (Å²) in [7, 11) is 0. The first-order valence-electron chi connectivity index (χ1n) is 10.6. The maximum Gasteiger partial charge on any atom is 0.343 e. The highest BCUT2D eigenvalue weighted by atomic mass is 16.5. The maximum absolute atomic E-state index is 12.9. The first kappa shape index (κ1) is 19.4. The van der Waals surface area contributed by atoms with E-state index < -0.39 is 5.97 Å². The summed E-state index contributed by atoms with van der Waals surface area (Å²) in [4.78, 5) is 44.0. The zero-order chi connectivity index (χ0) is 21.5. The number of para-hydroxylation sites is 1. The second kappa shape index (κ2) is 7.61. The number of fused-ring (bicyclic) bond motifs is 2. The van der Waals surface area contributed by atoms with Gasteiger partial charge in [0, 0.05) is 11.6 Å². The lowest BCUT2D eigenvalue weighted by Gasteiger charge is -2.25. The molecule has 2 aliphatic rings. The predicted molar refractivity (Wildman–Crippen MR) is 116 cm³/mol. The van der Waals surface area contributed by atoms with Crippen molar-refractivity contribution in [2.24, 2.45) is 17.8 Å². The molecule has 1 aromatic heterocycles. The Balaban J connectivity index is 1.36. The van der Waals surface area contributed by atoms with Gasteiger partial charge in [-0.25, -0.2) is 4.79 Å². The molecule has 2 aromatic carbocycles. The van der Waals surface area contributed by atoms with E-state index in [4.69, 9.17) is 4.74 Å². The van der Waals surface area contributed by atoms with E-state index in [2.05, 4.69) is 11.9 Å². The molecular weight excluding hydrogens is 392 g/mol. The van der Waals surface area contributed by atoms with Crippen LogP contribution in [0.5, 0.6) is 5.75 Å². The summed E-state index contributed by atoms with van der Waals surface area (Å²) in [6.07, 6.45) is 4.14. The predicted octanol–water partition coefficient (Wildman–Crippen LogP) is 4.38. The minimum atomic E-state index is -0.522. The number of carbonyl (C=O) groups excluding carboxylic acids is 3. The summed E-state index contributed by atoms with van der Waals surface area (Å²) < 4.78 is 5.56. The molecule has 0 radical (unpaired) electrons. The third kappa shape index (κ3) is 3.38.